The molecule has 0 radical (unpaired) electrons. The summed E-state index contributed by atoms with van der Waals surface area (Å²) < 4.78 is 5.00. The Bertz CT molecular complexity index is 511. The monoisotopic (exact) mass is 244 g/mol. The third kappa shape index (κ3) is 2.91. The zero-order valence-electron chi connectivity index (χ0n) is 10.4. The van der Waals surface area contributed by atoms with E-state index in [0.717, 1.165) is 11.3 Å². The van der Waals surface area contributed by atoms with Gasteiger partial charge in [0.25, 0.3) is 0 Å². The molecule has 1 aromatic heterocycles. The first-order valence-electron chi connectivity index (χ1n) is 5.74. The van der Waals surface area contributed by atoms with Crippen molar-refractivity contribution < 1.29 is 9.84 Å². The zero-order chi connectivity index (χ0) is 13.0. The van der Waals surface area contributed by atoms with Gasteiger partial charge in [-0.2, -0.15) is 0 Å². The first kappa shape index (κ1) is 12.2. The summed E-state index contributed by atoms with van der Waals surface area (Å²) in [4.78, 5) is 4.13. The number of benzene rings is 1. The Labute approximate surface area is 106 Å². The molecule has 0 spiro atoms. The van der Waals surface area contributed by atoms with E-state index in [0.29, 0.717) is 5.88 Å². The lowest BCUT2D eigenvalue weighted by atomic mass is 10.1. The Hall–Kier alpha value is -2.23. The van der Waals surface area contributed by atoms with Gasteiger partial charge < -0.3 is 15.2 Å². The van der Waals surface area contributed by atoms with E-state index in [9.17, 15) is 5.11 Å². The van der Waals surface area contributed by atoms with Gasteiger partial charge in [0.1, 0.15) is 5.75 Å². The Balaban J connectivity index is 2.08. The van der Waals surface area contributed by atoms with Crippen LogP contribution in [0.1, 0.15) is 18.5 Å². The molecule has 0 amide bonds. The number of aromatic nitrogens is 1. The third-order valence-electron chi connectivity index (χ3n) is 2.70. The Morgan fingerprint density at radius 1 is 1.28 bits per heavy atom. The van der Waals surface area contributed by atoms with E-state index in [4.69, 9.17) is 4.74 Å². The fourth-order valence-electron chi connectivity index (χ4n) is 1.71. The number of nitrogens with one attached hydrogen (secondary N) is 1. The van der Waals surface area contributed by atoms with E-state index in [1.165, 1.54) is 0 Å². The molecule has 0 fully saturated rings. The average molecular weight is 244 g/mol. The molecule has 2 N–H and O–H groups in total. The molecule has 2 rings (SSSR count). The second-order valence-electron chi connectivity index (χ2n) is 4.05. The standard InChI is InChI=1S/C14H16N2O2/c1-10(11-4-3-5-13(17)8-11)16-12-6-7-14(18-2)15-9-12/h3-10,16-17H,1-2H3. The molecule has 2 aromatic rings. The van der Waals surface area contributed by atoms with E-state index in [1.807, 2.05) is 25.1 Å². The van der Waals surface area contributed by atoms with Crippen LogP contribution in [0, 0.1) is 0 Å². The van der Waals surface area contributed by atoms with Gasteiger partial charge in [0.05, 0.1) is 19.0 Å². The van der Waals surface area contributed by atoms with Crippen LogP contribution in [0.25, 0.3) is 0 Å². The Morgan fingerprint density at radius 3 is 2.72 bits per heavy atom. The van der Waals surface area contributed by atoms with E-state index in [2.05, 4.69) is 10.3 Å². The topological polar surface area (TPSA) is 54.4 Å². The molecule has 1 unspecified atom stereocenters. The van der Waals surface area contributed by atoms with Crippen molar-refractivity contribution in [3.05, 3.63) is 48.2 Å². The first-order chi connectivity index (χ1) is 8.69. The second kappa shape index (κ2) is 5.40. The number of methoxy groups -OCH3 is 1. The quantitative estimate of drug-likeness (QED) is 0.868. The summed E-state index contributed by atoms with van der Waals surface area (Å²) >= 11 is 0. The van der Waals surface area contributed by atoms with Gasteiger partial charge in [-0.1, -0.05) is 12.1 Å². The Morgan fingerprint density at radius 2 is 2.11 bits per heavy atom. The molecule has 0 saturated carbocycles. The first-order valence-corrected chi connectivity index (χ1v) is 5.74. The molecule has 0 aliphatic carbocycles. The summed E-state index contributed by atoms with van der Waals surface area (Å²) in [5, 5.41) is 12.7. The fourth-order valence-corrected chi connectivity index (χ4v) is 1.71. The maximum atomic E-state index is 9.44. The SMILES string of the molecule is COc1ccc(NC(C)c2cccc(O)c2)cn1. The summed E-state index contributed by atoms with van der Waals surface area (Å²) in [7, 11) is 1.59. The maximum Gasteiger partial charge on any atom is 0.213 e. The molecule has 4 heteroatoms. The van der Waals surface area contributed by atoms with Crippen molar-refractivity contribution in [2.75, 3.05) is 12.4 Å². The van der Waals surface area contributed by atoms with Crippen molar-refractivity contribution in [3.63, 3.8) is 0 Å². The summed E-state index contributed by atoms with van der Waals surface area (Å²) in [5.41, 5.74) is 1.93. The molecule has 0 aliphatic heterocycles. The highest BCUT2D eigenvalue weighted by Crippen LogP contribution is 2.22. The average Bonchev–Trinajstić information content (AvgIpc) is 2.39. The molecule has 0 bridgehead atoms. The van der Waals surface area contributed by atoms with Crippen molar-refractivity contribution in [1.82, 2.24) is 4.98 Å². The predicted molar refractivity (Wildman–Crippen MR) is 70.9 cm³/mol. The van der Waals surface area contributed by atoms with Crippen LogP contribution in [-0.4, -0.2) is 17.2 Å². The molecular weight excluding hydrogens is 228 g/mol. The molecule has 18 heavy (non-hydrogen) atoms. The van der Waals surface area contributed by atoms with Crippen molar-refractivity contribution in [2.45, 2.75) is 13.0 Å². The summed E-state index contributed by atoms with van der Waals surface area (Å²) in [6, 6.07) is 11.0. The van der Waals surface area contributed by atoms with Gasteiger partial charge in [-0.15, -0.1) is 0 Å². The lowest BCUT2D eigenvalue weighted by Crippen LogP contribution is -2.06. The van der Waals surface area contributed by atoms with Crippen molar-refractivity contribution in [2.24, 2.45) is 0 Å². The van der Waals surface area contributed by atoms with Crippen molar-refractivity contribution in [3.8, 4) is 11.6 Å². The van der Waals surface area contributed by atoms with Crippen LogP contribution in [0.5, 0.6) is 11.6 Å². The Kier molecular flexibility index (Phi) is 3.67. The number of aromatic hydroxyl groups is 1. The highest BCUT2D eigenvalue weighted by molar-refractivity contribution is 5.45. The summed E-state index contributed by atoms with van der Waals surface area (Å²) in [6.45, 7) is 2.03. The van der Waals surface area contributed by atoms with Crippen LogP contribution in [-0.2, 0) is 0 Å². The van der Waals surface area contributed by atoms with Crippen molar-refractivity contribution in [1.29, 1.82) is 0 Å². The van der Waals surface area contributed by atoms with Crippen LogP contribution in [0.2, 0.25) is 0 Å². The lowest BCUT2D eigenvalue weighted by Gasteiger charge is -2.15. The van der Waals surface area contributed by atoms with Crippen LogP contribution in [0.3, 0.4) is 0 Å². The number of phenolic OH excluding ortho intramolecular Hbond substituents is 1. The molecule has 94 valence electrons. The highest BCUT2D eigenvalue weighted by atomic mass is 16.5. The number of anilines is 1. The van der Waals surface area contributed by atoms with Crippen LogP contribution in [0.15, 0.2) is 42.6 Å². The van der Waals surface area contributed by atoms with E-state index in [-0.39, 0.29) is 11.8 Å². The van der Waals surface area contributed by atoms with Gasteiger partial charge in [-0.05, 0) is 30.7 Å². The van der Waals surface area contributed by atoms with E-state index < -0.39 is 0 Å². The van der Waals surface area contributed by atoms with Gasteiger partial charge in [0.2, 0.25) is 5.88 Å². The normalized spacial score (nSPS) is 11.9. The second-order valence-corrected chi connectivity index (χ2v) is 4.05. The van der Waals surface area contributed by atoms with Gasteiger partial charge in [-0.25, -0.2) is 4.98 Å². The number of ether oxygens (including phenoxy) is 1. The smallest absolute Gasteiger partial charge is 0.213 e. The predicted octanol–water partition coefficient (Wildman–Crippen LogP) is 2.97. The number of rotatable bonds is 4. The minimum atomic E-state index is 0.0901. The largest absolute Gasteiger partial charge is 0.508 e. The zero-order valence-corrected chi connectivity index (χ0v) is 10.4. The highest BCUT2D eigenvalue weighted by Gasteiger charge is 2.06. The molecule has 0 saturated heterocycles. The summed E-state index contributed by atoms with van der Waals surface area (Å²) in [5.74, 6) is 0.861. The van der Waals surface area contributed by atoms with Gasteiger partial charge in [-0.3, -0.25) is 0 Å². The third-order valence-corrected chi connectivity index (χ3v) is 2.70. The van der Waals surface area contributed by atoms with Gasteiger partial charge in [0, 0.05) is 12.1 Å². The lowest BCUT2D eigenvalue weighted by molar-refractivity contribution is 0.398. The maximum absolute atomic E-state index is 9.44. The van der Waals surface area contributed by atoms with Crippen LogP contribution in [0.4, 0.5) is 5.69 Å². The number of phenols is 1. The minimum absolute atomic E-state index is 0.0901. The number of hydrogen-bond donors (Lipinski definition) is 2. The number of hydrogen-bond acceptors (Lipinski definition) is 4. The van der Waals surface area contributed by atoms with E-state index >= 15 is 0 Å². The summed E-state index contributed by atoms with van der Waals surface area (Å²) in [6.07, 6.45) is 1.72. The number of nitrogens with zero attached hydrogens (tertiary/aromatic N) is 1. The molecule has 1 aromatic carbocycles. The number of pyridine rings is 1. The molecule has 1 heterocycles. The van der Waals surface area contributed by atoms with Gasteiger partial charge >= 0.3 is 0 Å². The van der Waals surface area contributed by atoms with Crippen LogP contribution >= 0.6 is 0 Å². The van der Waals surface area contributed by atoms with Crippen molar-refractivity contribution >= 4 is 5.69 Å². The molecule has 1 atom stereocenters. The molecule has 4 nitrogen and oxygen atoms in total. The van der Waals surface area contributed by atoms with E-state index in [1.54, 1.807) is 31.5 Å². The van der Waals surface area contributed by atoms with Gasteiger partial charge in [0.15, 0.2) is 0 Å². The fraction of sp³-hybridized carbons (Fsp3) is 0.214. The molecule has 0 aliphatic rings. The van der Waals surface area contributed by atoms with Crippen LogP contribution < -0.4 is 10.1 Å². The molecular formula is C14H16N2O2. The minimum Gasteiger partial charge on any atom is -0.508 e.